The van der Waals surface area contributed by atoms with Crippen molar-refractivity contribution in [3.05, 3.63) is 28.2 Å². The Balaban J connectivity index is 1.49. The summed E-state index contributed by atoms with van der Waals surface area (Å²) in [4.78, 5) is 14.2. The number of ether oxygens (including phenoxy) is 2. The Labute approximate surface area is 145 Å². The summed E-state index contributed by atoms with van der Waals surface area (Å²) in [5.74, 6) is 0.828. The van der Waals surface area contributed by atoms with Crippen LogP contribution in [0.5, 0.6) is 5.75 Å². The first-order valence-electron chi connectivity index (χ1n) is 7.82. The molecule has 1 aromatic carbocycles. The topological polar surface area (TPSA) is 50.8 Å². The van der Waals surface area contributed by atoms with Crippen molar-refractivity contribution in [2.24, 2.45) is 0 Å². The molecule has 2 aliphatic heterocycles. The van der Waals surface area contributed by atoms with Gasteiger partial charge in [0.15, 0.2) is 0 Å². The van der Waals surface area contributed by atoms with Gasteiger partial charge in [-0.15, -0.1) is 0 Å². The molecule has 1 amide bonds. The zero-order valence-electron chi connectivity index (χ0n) is 12.8. The third-order valence-corrected chi connectivity index (χ3v) is 4.85. The molecule has 3 rings (SSSR count). The van der Waals surface area contributed by atoms with Crippen molar-refractivity contribution < 1.29 is 14.3 Å². The van der Waals surface area contributed by atoms with E-state index < -0.39 is 0 Å². The molecule has 2 aliphatic rings. The third-order valence-electron chi connectivity index (χ3n) is 4.11. The average Bonchev–Trinajstić information content (AvgIpc) is 3.01. The van der Waals surface area contributed by atoms with E-state index in [-0.39, 0.29) is 18.1 Å². The zero-order chi connectivity index (χ0) is 16.2. The first-order valence-corrected chi connectivity index (χ1v) is 8.58. The van der Waals surface area contributed by atoms with Gasteiger partial charge in [0.25, 0.3) is 0 Å². The molecule has 23 heavy (non-hydrogen) atoms. The minimum Gasteiger partial charge on any atom is -0.488 e. The number of nitrogens with one attached hydrogen (secondary N) is 1. The van der Waals surface area contributed by atoms with Crippen LogP contribution < -0.4 is 10.1 Å². The van der Waals surface area contributed by atoms with Crippen molar-refractivity contribution in [3.8, 4) is 5.75 Å². The molecule has 2 atom stereocenters. The molecule has 1 aromatic rings. The van der Waals surface area contributed by atoms with E-state index >= 15 is 0 Å². The molecule has 1 N–H and O–H groups in total. The molecule has 0 spiro atoms. The Hall–Kier alpha value is -1.01. The van der Waals surface area contributed by atoms with Crippen LogP contribution in [0.2, 0.25) is 10.0 Å². The Morgan fingerprint density at radius 1 is 1.39 bits per heavy atom. The molecule has 0 bridgehead atoms. The van der Waals surface area contributed by atoms with Crippen LogP contribution >= 0.6 is 23.2 Å². The molecule has 0 radical (unpaired) electrons. The first-order chi connectivity index (χ1) is 11.1. The molecule has 126 valence electrons. The quantitative estimate of drug-likeness (QED) is 0.897. The monoisotopic (exact) mass is 358 g/mol. The Kier molecular flexibility index (Phi) is 5.64. The summed E-state index contributed by atoms with van der Waals surface area (Å²) in [6.07, 6.45) is 1.28. The van der Waals surface area contributed by atoms with Crippen molar-refractivity contribution in [1.82, 2.24) is 10.2 Å². The summed E-state index contributed by atoms with van der Waals surface area (Å²) in [6.45, 7) is 3.45. The SMILES string of the molecule is O=C(CC1COCCN1)N1CCC(Oc2ccc(Cl)c(Cl)c2)C1. The van der Waals surface area contributed by atoms with Gasteiger partial charge in [0, 0.05) is 38.0 Å². The van der Waals surface area contributed by atoms with E-state index in [1.165, 1.54) is 0 Å². The first kappa shape index (κ1) is 16.8. The van der Waals surface area contributed by atoms with Crippen molar-refractivity contribution in [3.63, 3.8) is 0 Å². The molecular weight excluding hydrogens is 339 g/mol. The van der Waals surface area contributed by atoms with Crippen LogP contribution in [-0.4, -0.2) is 55.8 Å². The molecular formula is C16H20Cl2N2O3. The third kappa shape index (κ3) is 4.51. The predicted molar refractivity (Wildman–Crippen MR) is 89.3 cm³/mol. The maximum atomic E-state index is 12.3. The number of hydrogen-bond donors (Lipinski definition) is 1. The van der Waals surface area contributed by atoms with Crippen molar-refractivity contribution in [2.75, 3.05) is 32.8 Å². The minimum absolute atomic E-state index is 0.00763. The number of halogens is 2. The normalized spacial score (nSPS) is 24.7. The van der Waals surface area contributed by atoms with Crippen LogP contribution in [0, 0.1) is 0 Å². The Bertz CT molecular complexity index is 564. The molecule has 2 unspecified atom stereocenters. The van der Waals surface area contributed by atoms with Crippen molar-refractivity contribution in [2.45, 2.75) is 25.0 Å². The number of benzene rings is 1. The molecule has 0 aliphatic carbocycles. The van der Waals surface area contributed by atoms with Gasteiger partial charge in [0.05, 0.1) is 29.8 Å². The van der Waals surface area contributed by atoms with Gasteiger partial charge in [-0.05, 0) is 12.1 Å². The van der Waals surface area contributed by atoms with Crippen molar-refractivity contribution in [1.29, 1.82) is 0 Å². The minimum atomic E-state index is -0.00763. The van der Waals surface area contributed by atoms with Gasteiger partial charge < -0.3 is 19.7 Å². The lowest BCUT2D eigenvalue weighted by atomic mass is 10.2. The molecule has 2 fully saturated rings. The Morgan fingerprint density at radius 2 is 2.26 bits per heavy atom. The fraction of sp³-hybridized carbons (Fsp3) is 0.562. The van der Waals surface area contributed by atoms with E-state index in [2.05, 4.69) is 5.32 Å². The fourth-order valence-electron chi connectivity index (χ4n) is 2.88. The maximum absolute atomic E-state index is 12.3. The second-order valence-corrected chi connectivity index (χ2v) is 6.69. The highest BCUT2D eigenvalue weighted by Gasteiger charge is 2.29. The van der Waals surface area contributed by atoms with E-state index in [1.54, 1.807) is 18.2 Å². The highest BCUT2D eigenvalue weighted by molar-refractivity contribution is 6.42. The number of amides is 1. The van der Waals surface area contributed by atoms with Crippen LogP contribution in [0.15, 0.2) is 18.2 Å². The van der Waals surface area contributed by atoms with Gasteiger partial charge in [0.2, 0.25) is 5.91 Å². The van der Waals surface area contributed by atoms with Gasteiger partial charge in [-0.25, -0.2) is 0 Å². The van der Waals surface area contributed by atoms with Crippen LogP contribution in [0.25, 0.3) is 0 Å². The average molecular weight is 359 g/mol. The molecule has 0 aromatic heterocycles. The number of rotatable bonds is 4. The maximum Gasteiger partial charge on any atom is 0.224 e. The second-order valence-electron chi connectivity index (χ2n) is 5.87. The lowest BCUT2D eigenvalue weighted by Gasteiger charge is -2.25. The van der Waals surface area contributed by atoms with Crippen LogP contribution in [0.3, 0.4) is 0 Å². The molecule has 2 heterocycles. The van der Waals surface area contributed by atoms with E-state index in [0.717, 1.165) is 19.5 Å². The van der Waals surface area contributed by atoms with Crippen LogP contribution in [-0.2, 0) is 9.53 Å². The van der Waals surface area contributed by atoms with E-state index in [4.69, 9.17) is 32.7 Å². The van der Waals surface area contributed by atoms with Gasteiger partial charge in [0.1, 0.15) is 11.9 Å². The fourth-order valence-corrected chi connectivity index (χ4v) is 3.17. The summed E-state index contributed by atoms with van der Waals surface area (Å²) in [7, 11) is 0. The predicted octanol–water partition coefficient (Wildman–Crippen LogP) is 2.35. The van der Waals surface area contributed by atoms with Crippen LogP contribution in [0.1, 0.15) is 12.8 Å². The van der Waals surface area contributed by atoms with Gasteiger partial charge in [-0.1, -0.05) is 23.2 Å². The molecule has 7 heteroatoms. The molecule has 5 nitrogen and oxygen atoms in total. The molecule has 2 saturated heterocycles. The number of likely N-dealkylation sites (tertiary alicyclic amines) is 1. The number of morpholine rings is 1. The van der Waals surface area contributed by atoms with E-state index in [0.29, 0.717) is 42.0 Å². The number of carbonyl (C=O) groups excluding carboxylic acids is 1. The van der Waals surface area contributed by atoms with E-state index in [1.807, 2.05) is 4.90 Å². The summed E-state index contributed by atoms with van der Waals surface area (Å²) < 4.78 is 11.3. The smallest absolute Gasteiger partial charge is 0.224 e. The van der Waals surface area contributed by atoms with Gasteiger partial charge in [-0.2, -0.15) is 0 Å². The molecule has 0 saturated carbocycles. The summed E-state index contributed by atoms with van der Waals surface area (Å²) in [6, 6.07) is 5.33. The number of carbonyl (C=O) groups is 1. The van der Waals surface area contributed by atoms with Crippen LogP contribution in [0.4, 0.5) is 0 Å². The lowest BCUT2D eigenvalue weighted by molar-refractivity contribution is -0.131. The second kappa shape index (κ2) is 7.71. The summed E-state index contributed by atoms with van der Waals surface area (Å²) in [5.41, 5.74) is 0. The van der Waals surface area contributed by atoms with E-state index in [9.17, 15) is 4.79 Å². The van der Waals surface area contributed by atoms with Gasteiger partial charge in [-0.3, -0.25) is 4.79 Å². The summed E-state index contributed by atoms with van der Waals surface area (Å²) >= 11 is 11.9. The summed E-state index contributed by atoms with van der Waals surface area (Å²) in [5, 5.41) is 4.28. The highest BCUT2D eigenvalue weighted by atomic mass is 35.5. The standard InChI is InChI=1S/C16H20Cl2N2O3/c17-14-2-1-12(8-15(14)18)23-13-3-5-20(9-13)16(21)7-11-10-22-6-4-19-11/h1-2,8,11,13,19H,3-7,9-10H2. The largest absolute Gasteiger partial charge is 0.488 e. The zero-order valence-corrected chi connectivity index (χ0v) is 14.3. The van der Waals surface area contributed by atoms with Crippen molar-refractivity contribution >= 4 is 29.1 Å². The highest BCUT2D eigenvalue weighted by Crippen LogP contribution is 2.28. The van der Waals surface area contributed by atoms with Gasteiger partial charge >= 0.3 is 0 Å². The number of hydrogen-bond acceptors (Lipinski definition) is 4. The number of nitrogens with zero attached hydrogens (tertiary/aromatic N) is 1. The Morgan fingerprint density at radius 3 is 3.00 bits per heavy atom. The lowest BCUT2D eigenvalue weighted by Crippen LogP contribution is -2.45.